The second-order valence-electron chi connectivity index (χ2n) is 12.5. The van der Waals surface area contributed by atoms with E-state index in [-0.39, 0.29) is 34.1 Å². The fraction of sp³-hybridized carbons (Fsp3) is 0.519. The summed E-state index contributed by atoms with van der Waals surface area (Å²) in [6.45, 7) is 1.12. The van der Waals surface area contributed by atoms with E-state index in [1.165, 1.54) is 15.5 Å². The first-order valence-corrected chi connectivity index (χ1v) is 18.8. The van der Waals surface area contributed by atoms with E-state index in [0.29, 0.717) is 17.8 Å². The number of imidazole rings is 1. The Morgan fingerprint density at radius 3 is 2.51 bits per heavy atom. The molecule has 1 aliphatic heterocycles. The Morgan fingerprint density at radius 1 is 1.06 bits per heavy atom. The van der Waals surface area contributed by atoms with E-state index in [4.69, 9.17) is 15.0 Å². The number of nitrogens with two attached hydrogens (primary N) is 1. The van der Waals surface area contributed by atoms with Crippen LogP contribution in [0.5, 0.6) is 0 Å². The number of aromatic amines is 2. The van der Waals surface area contributed by atoms with Crippen LogP contribution in [0.2, 0.25) is 0 Å². The minimum atomic E-state index is -5.53. The summed E-state index contributed by atoms with van der Waals surface area (Å²) >= 11 is 0. The molecule has 1 aliphatic carbocycles. The number of nitrogens with one attached hydrogen (secondary N) is 2. The molecule has 24 nitrogen and oxygen atoms in total. The number of H-pyrrole nitrogens is 2. The van der Waals surface area contributed by atoms with Crippen LogP contribution in [0.4, 0.5) is 5.82 Å². The normalized spacial score (nSPS) is 25.8. The Hall–Kier alpha value is -3.87. The van der Waals surface area contributed by atoms with Gasteiger partial charge in [0, 0.05) is 6.42 Å². The molecule has 0 amide bonds. The summed E-state index contributed by atoms with van der Waals surface area (Å²) in [4.78, 5) is 65.6. The molecule has 11 N–H and O–H groups in total. The predicted octanol–water partition coefficient (Wildman–Crippen LogP) is -3.13. The molecule has 2 unspecified atom stereocenters. The number of anilines is 1. The smallest absolute Gasteiger partial charge is 0.388 e. The second kappa shape index (κ2) is 14.8. The summed E-state index contributed by atoms with van der Waals surface area (Å²) < 4.78 is 46.8. The van der Waals surface area contributed by atoms with Crippen LogP contribution in [0.1, 0.15) is 31.5 Å². The van der Waals surface area contributed by atoms with Gasteiger partial charge in [0.1, 0.15) is 66.4 Å². The molecular weight excluding hydrogens is 752 g/mol. The maximum absolute atomic E-state index is 12.5. The van der Waals surface area contributed by atoms with Gasteiger partial charge in [-0.15, -0.1) is 0 Å². The summed E-state index contributed by atoms with van der Waals surface area (Å²) in [5.74, 6) is 0.0379. The van der Waals surface area contributed by atoms with Crippen molar-refractivity contribution < 1.29 is 67.1 Å². The van der Waals surface area contributed by atoms with Crippen molar-refractivity contribution in [1.82, 2.24) is 34.5 Å². The lowest BCUT2D eigenvalue weighted by Gasteiger charge is -2.25. The first-order valence-electron chi connectivity index (χ1n) is 15.8. The molecule has 0 radical (unpaired) electrons. The summed E-state index contributed by atoms with van der Waals surface area (Å²) in [7, 11) is -11.0. The number of phosphoric acid groups is 2. The maximum Gasteiger partial charge on any atom is 0.481 e. The van der Waals surface area contributed by atoms with Crippen LogP contribution in [0.25, 0.3) is 28.4 Å². The monoisotopic (exact) mass is 788 g/mol. The topological polar surface area (TPSA) is 365 Å². The Morgan fingerprint density at radius 2 is 1.77 bits per heavy atom. The number of aliphatic hydroxyl groups is 5. The van der Waals surface area contributed by atoms with Gasteiger partial charge >= 0.3 is 27.0 Å². The molecule has 4 aromatic rings. The zero-order valence-corrected chi connectivity index (χ0v) is 29.5. The molecule has 5 heterocycles. The fourth-order valence-corrected chi connectivity index (χ4v) is 7.98. The average molecular weight is 789 g/mol. The van der Waals surface area contributed by atoms with Gasteiger partial charge in [-0.1, -0.05) is 12.5 Å². The summed E-state index contributed by atoms with van der Waals surface area (Å²) in [6, 6.07) is 0. The molecule has 0 saturated carbocycles. The van der Waals surface area contributed by atoms with Gasteiger partial charge in [0.2, 0.25) is 5.52 Å². The minimum absolute atomic E-state index is 0.00565. The van der Waals surface area contributed by atoms with E-state index in [1.54, 1.807) is 6.08 Å². The molecule has 10 atom stereocenters. The molecule has 1 fully saturated rings. The number of aliphatic hydroxyl groups excluding tert-OH is 5. The van der Waals surface area contributed by atoms with E-state index < -0.39 is 89.5 Å². The molecule has 0 bridgehead atoms. The van der Waals surface area contributed by atoms with Gasteiger partial charge in [-0.05, 0) is 18.9 Å². The third-order valence-corrected chi connectivity index (χ3v) is 11.4. The van der Waals surface area contributed by atoms with E-state index in [9.17, 15) is 54.0 Å². The quantitative estimate of drug-likeness (QED) is 0.0473. The Kier molecular flexibility index (Phi) is 10.8. The number of hydrogen-bond donors (Lipinski definition) is 10. The Balaban J connectivity index is 1.07. The highest BCUT2D eigenvalue weighted by atomic mass is 31.3. The number of phosphoric ester groups is 2. The van der Waals surface area contributed by atoms with Crippen LogP contribution in [0, 0.1) is 5.92 Å². The van der Waals surface area contributed by atoms with E-state index >= 15 is 0 Å². The molecule has 4 aromatic heterocycles. The van der Waals surface area contributed by atoms with Gasteiger partial charge in [0.05, 0.1) is 19.5 Å². The highest BCUT2D eigenvalue weighted by Crippen LogP contribution is 2.60. The Labute approximate surface area is 296 Å². The van der Waals surface area contributed by atoms with Gasteiger partial charge < -0.3 is 45.8 Å². The molecule has 2 aliphatic rings. The van der Waals surface area contributed by atoms with Crippen LogP contribution < -0.4 is 21.5 Å². The number of nitrogens with zero attached hydrogens (tertiary/aromatic N) is 6. The Bertz CT molecular complexity index is 2280. The summed E-state index contributed by atoms with van der Waals surface area (Å²) in [6.07, 6.45) is -7.69. The van der Waals surface area contributed by atoms with Crippen molar-refractivity contribution in [3.63, 3.8) is 0 Å². The van der Waals surface area contributed by atoms with Crippen LogP contribution in [-0.4, -0.2) is 120 Å². The number of rotatable bonds is 13. The van der Waals surface area contributed by atoms with Crippen molar-refractivity contribution in [1.29, 1.82) is 0 Å². The highest BCUT2D eigenvalue weighted by molar-refractivity contribution is 7.61. The van der Waals surface area contributed by atoms with Crippen molar-refractivity contribution in [2.75, 3.05) is 18.9 Å². The highest BCUT2D eigenvalue weighted by Gasteiger charge is 2.46. The van der Waals surface area contributed by atoms with E-state index in [1.807, 2.05) is 13.8 Å². The number of fused-ring (bicyclic) bond motifs is 3. The van der Waals surface area contributed by atoms with Gasteiger partial charge in [-0.2, -0.15) is 9.29 Å². The minimum Gasteiger partial charge on any atom is -0.388 e. The maximum atomic E-state index is 12.5. The molecule has 1 saturated heterocycles. The molecular formula is C27H36N9O15P2+. The molecule has 288 valence electrons. The fourth-order valence-electron chi connectivity index (χ4n) is 5.88. The number of hydrogen-bond acceptors (Lipinski definition) is 18. The summed E-state index contributed by atoms with van der Waals surface area (Å²) in [5, 5.41) is 53.1. The molecule has 26 heteroatoms. The molecule has 53 heavy (non-hydrogen) atoms. The van der Waals surface area contributed by atoms with Crippen molar-refractivity contribution in [3.05, 3.63) is 50.5 Å². The third-order valence-electron chi connectivity index (χ3n) is 8.84. The van der Waals surface area contributed by atoms with Gasteiger partial charge in [-0.25, -0.2) is 38.4 Å². The van der Waals surface area contributed by atoms with Gasteiger partial charge in [0.25, 0.3) is 5.56 Å². The first kappa shape index (κ1) is 38.8. The number of aromatic nitrogens is 8. The number of nitrogen functional groups attached to an aromatic ring is 1. The molecule has 0 aromatic carbocycles. The zero-order valence-electron chi connectivity index (χ0n) is 27.7. The average Bonchev–Trinajstić information content (AvgIpc) is 3.63. The van der Waals surface area contributed by atoms with Crippen LogP contribution >= 0.6 is 15.6 Å². The second-order valence-corrected chi connectivity index (χ2v) is 15.6. The predicted molar refractivity (Wildman–Crippen MR) is 176 cm³/mol. The first-order chi connectivity index (χ1) is 24.9. The number of allylic oxidation sites excluding steroid dienone is 1. The zero-order chi connectivity index (χ0) is 38.6. The van der Waals surface area contributed by atoms with Crippen molar-refractivity contribution >= 4 is 49.9 Å². The van der Waals surface area contributed by atoms with Crippen molar-refractivity contribution in [2.24, 2.45) is 5.92 Å². The van der Waals surface area contributed by atoms with E-state index in [2.05, 4.69) is 38.7 Å². The third kappa shape index (κ3) is 8.00. The lowest BCUT2D eigenvalue weighted by atomic mass is 9.90. The SMILES string of the molecule is CC1=Cc2nc3c(=O)[nH]c(=O)[nH]c3[n+](C[C@H](O)[C@H](O)[C@H](O)COP(=O)(O)OP(=O)(O)OC[C@H]3O[C@@H](n4cnc5c(N)ncnc54)[C@H](O)[C@@H]3O)c2C[C@@H]1C. The largest absolute Gasteiger partial charge is 0.481 e. The molecule has 6 rings (SSSR count). The van der Waals surface area contributed by atoms with Gasteiger partial charge in [0.15, 0.2) is 17.7 Å². The van der Waals surface area contributed by atoms with Crippen molar-refractivity contribution in [3.8, 4) is 0 Å². The van der Waals surface area contributed by atoms with Gasteiger partial charge in [-0.3, -0.25) is 23.4 Å². The van der Waals surface area contributed by atoms with Crippen LogP contribution in [-0.2, 0) is 40.2 Å². The van der Waals surface area contributed by atoms with Crippen LogP contribution in [0.3, 0.4) is 0 Å². The summed E-state index contributed by atoms with van der Waals surface area (Å²) in [5.41, 5.74) is 6.00. The van der Waals surface area contributed by atoms with E-state index in [0.717, 1.165) is 11.9 Å². The molecule has 0 spiro atoms. The standard InChI is InChI=1S/C27H35N9O15P2/c1-10-3-12-13(4-11(10)2)35(24-18(32-12)25(42)34-27(43)33-24)5-14(37)19(39)15(38)6-48-52(44,45)51-53(46,47)49-7-16-20(40)21(41)26(50-16)36-9-31-17-22(28)29-8-30-23(17)36/h3,8-9,11,14-16,19-21,26,37-41H,4-7H2,1-2H3,(H5,28,29,30,34,42,43,44,45,46,47)/p+1/t11-,14-,15+,16+,19-,20+,21+,26+/m0/s1. The lowest BCUT2D eigenvalue weighted by molar-refractivity contribution is -0.690. The lowest BCUT2D eigenvalue weighted by Crippen LogP contribution is -2.53. The van der Waals surface area contributed by atoms with Crippen LogP contribution in [0.15, 0.2) is 27.8 Å². The number of ether oxygens (including phenoxy) is 1. The van der Waals surface area contributed by atoms with Crippen molar-refractivity contribution in [2.45, 2.75) is 69.7 Å².